The highest BCUT2D eigenvalue weighted by molar-refractivity contribution is 8.25. The van der Waals surface area contributed by atoms with Gasteiger partial charge < -0.3 is 0 Å². The van der Waals surface area contributed by atoms with Crippen LogP contribution in [-0.4, -0.2) is 0 Å². The number of hydrogen-bond acceptors (Lipinski definition) is 1. The van der Waals surface area contributed by atoms with Gasteiger partial charge in [0, 0.05) is 23.6 Å². The Hall–Kier alpha value is -2.28. The van der Waals surface area contributed by atoms with Crippen molar-refractivity contribution in [2.45, 2.75) is 20.4 Å². The van der Waals surface area contributed by atoms with E-state index in [1.807, 2.05) is 0 Å². The molecule has 0 unspecified atom stereocenters. The van der Waals surface area contributed by atoms with Crippen molar-refractivity contribution in [2.75, 3.05) is 0 Å². The van der Waals surface area contributed by atoms with Crippen molar-refractivity contribution in [2.24, 2.45) is 0 Å². The van der Waals surface area contributed by atoms with Crippen LogP contribution < -0.4 is 20.5 Å². The Morgan fingerprint density at radius 1 is 0.778 bits per heavy atom. The first-order valence-electron chi connectivity index (χ1n) is 9.29. The van der Waals surface area contributed by atoms with E-state index in [4.69, 9.17) is 11.8 Å². The van der Waals surface area contributed by atoms with Crippen molar-refractivity contribution in [3.05, 3.63) is 96.7 Å². The molecule has 0 bridgehead atoms. The van der Waals surface area contributed by atoms with Gasteiger partial charge in [-0.1, -0.05) is 72.5 Å². The van der Waals surface area contributed by atoms with Crippen LogP contribution in [0.25, 0.3) is 10.9 Å². The molecule has 0 N–H and O–H groups in total. The predicted molar refractivity (Wildman–Crippen MR) is 121 cm³/mol. The van der Waals surface area contributed by atoms with Crippen LogP contribution in [0.4, 0.5) is 0 Å². The van der Waals surface area contributed by atoms with E-state index >= 15 is 0 Å². The molecule has 4 rings (SSSR count). The molecule has 0 radical (unpaired) electrons. The highest BCUT2D eigenvalue weighted by Crippen LogP contribution is 2.43. The van der Waals surface area contributed by atoms with Gasteiger partial charge in [0.2, 0.25) is 5.52 Å². The molecular formula is C24H23NPS+. The molecule has 3 heteroatoms. The molecule has 1 aromatic heterocycles. The molecule has 1 heterocycles. The Balaban J connectivity index is 2.02. The van der Waals surface area contributed by atoms with E-state index < -0.39 is 6.04 Å². The van der Waals surface area contributed by atoms with Crippen LogP contribution in [-0.2, 0) is 18.4 Å². The second kappa shape index (κ2) is 7.38. The van der Waals surface area contributed by atoms with Crippen LogP contribution in [0.2, 0.25) is 0 Å². The zero-order valence-electron chi connectivity index (χ0n) is 15.7. The SMILES string of the molecule is CC[n+]1ccc(C)c2cc(P(=S)(c3ccccc3)c3ccccc3)ccc21. The first kappa shape index (κ1) is 18.1. The molecule has 134 valence electrons. The van der Waals surface area contributed by atoms with Gasteiger partial charge >= 0.3 is 0 Å². The number of benzene rings is 3. The van der Waals surface area contributed by atoms with E-state index in [-0.39, 0.29) is 0 Å². The van der Waals surface area contributed by atoms with Gasteiger partial charge in [0.05, 0.1) is 0 Å². The average Bonchev–Trinajstić information content (AvgIpc) is 2.74. The molecule has 27 heavy (non-hydrogen) atoms. The van der Waals surface area contributed by atoms with Crippen molar-refractivity contribution in [1.29, 1.82) is 0 Å². The van der Waals surface area contributed by atoms with Crippen molar-refractivity contribution in [3.8, 4) is 0 Å². The predicted octanol–water partition coefficient (Wildman–Crippen LogP) is 4.21. The lowest BCUT2D eigenvalue weighted by atomic mass is 10.1. The molecule has 1 nitrogen and oxygen atoms in total. The molecule has 4 aromatic rings. The van der Waals surface area contributed by atoms with Crippen LogP contribution in [0.1, 0.15) is 12.5 Å². The molecule has 0 atom stereocenters. The minimum Gasteiger partial charge on any atom is -0.199 e. The van der Waals surface area contributed by atoms with Crippen LogP contribution >= 0.6 is 6.04 Å². The van der Waals surface area contributed by atoms with Gasteiger partial charge in [0.15, 0.2) is 6.20 Å². The molecular weight excluding hydrogens is 365 g/mol. The Morgan fingerprint density at radius 2 is 1.37 bits per heavy atom. The van der Waals surface area contributed by atoms with E-state index in [2.05, 4.69) is 110 Å². The Kier molecular flexibility index (Phi) is 4.95. The molecule has 0 aliphatic heterocycles. The molecule has 0 spiro atoms. The van der Waals surface area contributed by atoms with Gasteiger partial charge in [-0.25, -0.2) is 0 Å². The lowest BCUT2D eigenvalue weighted by molar-refractivity contribution is -0.667. The summed E-state index contributed by atoms with van der Waals surface area (Å²) in [5.41, 5.74) is 2.56. The highest BCUT2D eigenvalue weighted by atomic mass is 32.4. The number of rotatable bonds is 4. The number of fused-ring (bicyclic) bond motifs is 1. The second-order valence-corrected chi connectivity index (χ2v) is 11.2. The van der Waals surface area contributed by atoms with Crippen molar-refractivity contribution < 1.29 is 4.57 Å². The maximum Gasteiger partial charge on any atom is 0.212 e. The summed E-state index contributed by atoms with van der Waals surface area (Å²) in [4.78, 5) is 0. The summed E-state index contributed by atoms with van der Waals surface area (Å²) in [6.45, 7) is 5.32. The minimum atomic E-state index is -2.10. The summed E-state index contributed by atoms with van der Waals surface area (Å²) in [6.07, 6.45) is 2.17. The first-order chi connectivity index (χ1) is 13.1. The maximum absolute atomic E-state index is 6.47. The highest BCUT2D eigenvalue weighted by Gasteiger charge is 2.25. The summed E-state index contributed by atoms with van der Waals surface area (Å²) in [5.74, 6) is 0. The third-order valence-electron chi connectivity index (χ3n) is 5.16. The van der Waals surface area contributed by atoms with E-state index in [1.54, 1.807) is 0 Å². The summed E-state index contributed by atoms with van der Waals surface area (Å²) < 4.78 is 2.29. The van der Waals surface area contributed by atoms with Crippen LogP contribution in [0.3, 0.4) is 0 Å². The van der Waals surface area contributed by atoms with Gasteiger partial charge in [0.25, 0.3) is 0 Å². The zero-order valence-corrected chi connectivity index (χ0v) is 17.4. The lowest BCUT2D eigenvalue weighted by Crippen LogP contribution is -2.33. The van der Waals surface area contributed by atoms with Crippen molar-refractivity contribution in [3.63, 3.8) is 0 Å². The zero-order chi connectivity index (χ0) is 18.9. The summed E-state index contributed by atoms with van der Waals surface area (Å²) >= 11 is 6.47. The molecule has 0 saturated heterocycles. The number of nitrogens with zero attached hydrogens (tertiary/aromatic N) is 1. The van der Waals surface area contributed by atoms with Crippen molar-refractivity contribution in [1.82, 2.24) is 0 Å². The smallest absolute Gasteiger partial charge is 0.199 e. The van der Waals surface area contributed by atoms with Crippen LogP contribution in [0.5, 0.6) is 0 Å². The third kappa shape index (κ3) is 3.14. The quantitative estimate of drug-likeness (QED) is 0.374. The van der Waals surface area contributed by atoms with Crippen molar-refractivity contribution >= 4 is 44.7 Å². The first-order valence-corrected chi connectivity index (χ1v) is 12.1. The Morgan fingerprint density at radius 3 is 1.93 bits per heavy atom. The summed E-state index contributed by atoms with van der Waals surface area (Å²) in [7, 11) is 0. The topological polar surface area (TPSA) is 3.88 Å². The normalized spacial score (nSPS) is 11.6. The largest absolute Gasteiger partial charge is 0.212 e. The monoisotopic (exact) mass is 388 g/mol. The van der Waals surface area contributed by atoms with E-state index in [0.717, 1.165) is 6.54 Å². The average molecular weight is 388 g/mol. The van der Waals surface area contributed by atoms with Crippen LogP contribution in [0.15, 0.2) is 91.1 Å². The minimum absolute atomic E-state index is 0.960. The summed E-state index contributed by atoms with van der Waals surface area (Å²) in [5, 5.41) is 5.02. The molecule has 0 amide bonds. The standard InChI is InChI=1S/C24H23NPS/c1-3-25-17-16-19(2)23-18-22(14-15-24(23)25)26(27,20-10-6-4-7-11-20)21-12-8-5-9-13-21/h4-18H,3H2,1-2H3/q+1. The molecule has 3 aromatic carbocycles. The van der Waals surface area contributed by atoms with E-state index in [0.29, 0.717) is 0 Å². The summed E-state index contributed by atoms with van der Waals surface area (Å²) in [6, 6.07) is 28.1. The fourth-order valence-corrected chi connectivity index (χ4v) is 7.40. The number of pyridine rings is 1. The van der Waals surface area contributed by atoms with Crippen LogP contribution in [0, 0.1) is 6.92 Å². The maximum atomic E-state index is 6.47. The lowest BCUT2D eigenvalue weighted by Gasteiger charge is -2.24. The fourth-order valence-electron chi connectivity index (χ4n) is 3.66. The van der Waals surface area contributed by atoms with E-state index in [1.165, 1.54) is 32.4 Å². The Labute approximate surface area is 166 Å². The van der Waals surface area contributed by atoms with Gasteiger partial charge in [0.1, 0.15) is 6.54 Å². The molecule has 0 saturated carbocycles. The van der Waals surface area contributed by atoms with Gasteiger partial charge in [-0.2, -0.15) is 4.57 Å². The molecule has 0 fully saturated rings. The van der Waals surface area contributed by atoms with Gasteiger partial charge in [-0.3, -0.25) is 0 Å². The van der Waals surface area contributed by atoms with E-state index in [9.17, 15) is 0 Å². The van der Waals surface area contributed by atoms with Gasteiger partial charge in [-0.05, 0) is 47.5 Å². The Bertz CT molecular complexity index is 1090. The number of hydrogen-bond donors (Lipinski definition) is 0. The fraction of sp³-hybridized carbons (Fsp3) is 0.125. The van der Waals surface area contributed by atoms with Gasteiger partial charge in [-0.15, -0.1) is 0 Å². The number of aryl methyl sites for hydroxylation is 2. The third-order valence-corrected chi connectivity index (χ3v) is 10.1. The molecule has 0 aliphatic rings. The number of aromatic nitrogens is 1. The second-order valence-electron chi connectivity index (χ2n) is 6.77. The molecule has 0 aliphatic carbocycles.